The summed E-state index contributed by atoms with van der Waals surface area (Å²) in [7, 11) is 0. The molecule has 2 unspecified atom stereocenters. The molecule has 0 aromatic rings. The molecule has 82 valence electrons. The normalized spacial score (nSPS) is 24.9. The van der Waals surface area contributed by atoms with Gasteiger partial charge in [0.15, 0.2) is 0 Å². The highest BCUT2D eigenvalue weighted by Crippen LogP contribution is 2.22. The van der Waals surface area contributed by atoms with E-state index in [0.29, 0.717) is 12.6 Å². The Morgan fingerprint density at radius 2 is 2.29 bits per heavy atom. The van der Waals surface area contributed by atoms with Gasteiger partial charge in [-0.15, -0.1) is 0 Å². The van der Waals surface area contributed by atoms with Crippen LogP contribution in [0.25, 0.3) is 0 Å². The molecule has 1 rings (SSSR count). The summed E-state index contributed by atoms with van der Waals surface area (Å²) < 4.78 is 5.07. The lowest BCUT2D eigenvalue weighted by Gasteiger charge is -2.28. The van der Waals surface area contributed by atoms with E-state index < -0.39 is 0 Å². The van der Waals surface area contributed by atoms with Gasteiger partial charge in [0.25, 0.3) is 0 Å². The second kappa shape index (κ2) is 5.35. The van der Waals surface area contributed by atoms with E-state index in [1.165, 1.54) is 0 Å². The maximum absolute atomic E-state index is 11.6. The highest BCUT2D eigenvalue weighted by molar-refractivity contribution is 5.76. The second-order valence-electron chi connectivity index (χ2n) is 3.91. The van der Waals surface area contributed by atoms with Crippen LogP contribution >= 0.6 is 0 Å². The highest BCUT2D eigenvalue weighted by Gasteiger charge is 2.33. The summed E-state index contributed by atoms with van der Waals surface area (Å²) in [6.07, 6.45) is 3.17. The van der Waals surface area contributed by atoms with Crippen LogP contribution in [0.3, 0.4) is 0 Å². The Balaban J connectivity index is 2.54. The van der Waals surface area contributed by atoms with E-state index >= 15 is 0 Å². The molecule has 1 aliphatic heterocycles. The van der Waals surface area contributed by atoms with Crippen molar-refractivity contribution < 1.29 is 9.53 Å². The molecule has 1 heterocycles. The summed E-state index contributed by atoms with van der Waals surface area (Å²) in [6, 6.07) is 0.511. The van der Waals surface area contributed by atoms with E-state index in [1.807, 2.05) is 6.92 Å². The number of ether oxygens (including phenoxy) is 1. The number of hydrogen-bond donors (Lipinski definition) is 0. The van der Waals surface area contributed by atoms with Crippen LogP contribution in [0, 0.1) is 0 Å². The molecule has 3 nitrogen and oxygen atoms in total. The van der Waals surface area contributed by atoms with Gasteiger partial charge in [0.1, 0.15) is 6.04 Å². The maximum Gasteiger partial charge on any atom is 0.323 e. The quantitative estimate of drug-likeness (QED) is 0.647. The largest absolute Gasteiger partial charge is 0.465 e. The molecule has 2 atom stereocenters. The molecule has 1 saturated heterocycles. The molecule has 0 N–H and O–H groups in total. The van der Waals surface area contributed by atoms with Crippen LogP contribution in [-0.2, 0) is 9.53 Å². The van der Waals surface area contributed by atoms with Gasteiger partial charge in [0, 0.05) is 6.04 Å². The van der Waals surface area contributed by atoms with Crippen molar-refractivity contribution in [2.45, 2.75) is 52.1 Å². The van der Waals surface area contributed by atoms with E-state index in [-0.39, 0.29) is 12.0 Å². The molecule has 0 amide bonds. The summed E-state index contributed by atoms with van der Waals surface area (Å²) in [5, 5.41) is 0. The first-order valence-corrected chi connectivity index (χ1v) is 5.63. The average molecular weight is 199 g/mol. The summed E-state index contributed by atoms with van der Waals surface area (Å²) >= 11 is 0. The molecule has 3 heteroatoms. The second-order valence-corrected chi connectivity index (χ2v) is 3.91. The van der Waals surface area contributed by atoms with Gasteiger partial charge in [0.05, 0.1) is 6.61 Å². The zero-order chi connectivity index (χ0) is 10.6. The first-order chi connectivity index (χ1) is 6.70. The van der Waals surface area contributed by atoms with Crippen LogP contribution in [-0.4, -0.2) is 36.1 Å². The third-order valence-corrected chi connectivity index (χ3v) is 3.01. The maximum atomic E-state index is 11.6. The number of carbonyl (C=O) groups excluding carboxylic acids is 1. The summed E-state index contributed by atoms with van der Waals surface area (Å²) in [5.41, 5.74) is 0. The van der Waals surface area contributed by atoms with Crippen molar-refractivity contribution in [1.29, 1.82) is 0 Å². The molecule has 0 aliphatic carbocycles. The molecule has 0 aromatic carbocycles. The Kier molecular flexibility index (Phi) is 4.39. The molecule has 0 bridgehead atoms. The van der Waals surface area contributed by atoms with Crippen LogP contribution in [0.15, 0.2) is 0 Å². The van der Waals surface area contributed by atoms with Gasteiger partial charge in [-0.05, 0) is 39.7 Å². The minimum absolute atomic E-state index is 0.0184. The van der Waals surface area contributed by atoms with Crippen molar-refractivity contribution in [2.24, 2.45) is 0 Å². The molecule has 0 aromatic heterocycles. The minimum Gasteiger partial charge on any atom is -0.465 e. The van der Waals surface area contributed by atoms with Gasteiger partial charge in [-0.3, -0.25) is 9.69 Å². The predicted molar refractivity (Wildman–Crippen MR) is 56.1 cm³/mol. The number of esters is 1. The standard InChI is InChI=1S/C11H21NO2/c1-4-9(3)12-8-6-7-10(12)11(13)14-5-2/h9-10H,4-8H2,1-3H3. The zero-order valence-corrected chi connectivity index (χ0v) is 9.45. The number of nitrogens with zero attached hydrogens (tertiary/aromatic N) is 1. The van der Waals surface area contributed by atoms with Crippen molar-refractivity contribution >= 4 is 5.97 Å². The fraction of sp³-hybridized carbons (Fsp3) is 0.909. The first kappa shape index (κ1) is 11.5. The summed E-state index contributed by atoms with van der Waals surface area (Å²) in [5.74, 6) is -0.0368. The molecule has 1 fully saturated rings. The minimum atomic E-state index is -0.0368. The van der Waals surface area contributed by atoms with Crippen molar-refractivity contribution in [3.8, 4) is 0 Å². The van der Waals surface area contributed by atoms with Crippen LogP contribution in [0.4, 0.5) is 0 Å². The lowest BCUT2D eigenvalue weighted by molar-refractivity contribution is -0.149. The molecular weight excluding hydrogens is 178 g/mol. The summed E-state index contributed by atoms with van der Waals surface area (Å²) in [4.78, 5) is 13.9. The van der Waals surface area contributed by atoms with Gasteiger partial charge < -0.3 is 4.74 Å². The van der Waals surface area contributed by atoms with Crippen LogP contribution in [0.1, 0.15) is 40.0 Å². The summed E-state index contributed by atoms with van der Waals surface area (Å²) in [6.45, 7) is 7.73. The van der Waals surface area contributed by atoms with E-state index in [2.05, 4.69) is 18.7 Å². The molecular formula is C11H21NO2. The average Bonchev–Trinajstić information content (AvgIpc) is 2.65. The van der Waals surface area contributed by atoms with Gasteiger partial charge in [-0.2, -0.15) is 0 Å². The Morgan fingerprint density at radius 1 is 1.57 bits per heavy atom. The van der Waals surface area contributed by atoms with Crippen LogP contribution in [0.5, 0.6) is 0 Å². The van der Waals surface area contributed by atoms with E-state index in [4.69, 9.17) is 4.74 Å². The topological polar surface area (TPSA) is 29.5 Å². The van der Waals surface area contributed by atoms with Crippen molar-refractivity contribution in [2.75, 3.05) is 13.2 Å². The Hall–Kier alpha value is -0.570. The molecule has 0 saturated carbocycles. The first-order valence-electron chi connectivity index (χ1n) is 5.63. The van der Waals surface area contributed by atoms with Crippen molar-refractivity contribution in [1.82, 2.24) is 4.90 Å². The van der Waals surface area contributed by atoms with E-state index in [0.717, 1.165) is 25.8 Å². The van der Waals surface area contributed by atoms with Crippen LogP contribution < -0.4 is 0 Å². The third-order valence-electron chi connectivity index (χ3n) is 3.01. The predicted octanol–water partition coefficient (Wildman–Crippen LogP) is 1.81. The van der Waals surface area contributed by atoms with Crippen molar-refractivity contribution in [3.63, 3.8) is 0 Å². The fourth-order valence-electron chi connectivity index (χ4n) is 2.04. The SMILES string of the molecule is CCOC(=O)C1CCCN1C(C)CC. The van der Waals surface area contributed by atoms with Gasteiger partial charge in [0.2, 0.25) is 0 Å². The number of hydrogen-bond acceptors (Lipinski definition) is 3. The Labute approximate surface area is 86.4 Å². The third kappa shape index (κ3) is 2.47. The monoisotopic (exact) mass is 199 g/mol. The Bertz CT molecular complexity index is 194. The smallest absolute Gasteiger partial charge is 0.323 e. The molecule has 0 radical (unpaired) electrons. The lowest BCUT2D eigenvalue weighted by atomic mass is 10.1. The fourth-order valence-corrected chi connectivity index (χ4v) is 2.04. The van der Waals surface area contributed by atoms with Gasteiger partial charge in [-0.1, -0.05) is 6.92 Å². The Morgan fingerprint density at radius 3 is 2.86 bits per heavy atom. The number of likely N-dealkylation sites (tertiary alicyclic amines) is 1. The van der Waals surface area contributed by atoms with Gasteiger partial charge >= 0.3 is 5.97 Å². The van der Waals surface area contributed by atoms with Crippen LogP contribution in [0.2, 0.25) is 0 Å². The van der Waals surface area contributed by atoms with Crippen molar-refractivity contribution in [3.05, 3.63) is 0 Å². The number of rotatable bonds is 4. The highest BCUT2D eigenvalue weighted by atomic mass is 16.5. The number of carbonyl (C=O) groups is 1. The zero-order valence-electron chi connectivity index (χ0n) is 9.45. The van der Waals surface area contributed by atoms with Gasteiger partial charge in [-0.25, -0.2) is 0 Å². The van der Waals surface area contributed by atoms with E-state index in [1.54, 1.807) is 0 Å². The molecule has 14 heavy (non-hydrogen) atoms. The molecule has 0 spiro atoms. The molecule has 1 aliphatic rings. The lowest BCUT2D eigenvalue weighted by Crippen LogP contribution is -2.42. The van der Waals surface area contributed by atoms with E-state index in [9.17, 15) is 4.79 Å².